The third kappa shape index (κ3) is 17.1. The van der Waals surface area contributed by atoms with E-state index in [2.05, 4.69) is 17.2 Å². The Morgan fingerprint density at radius 1 is 0.810 bits per heavy atom. The van der Waals surface area contributed by atoms with Crippen LogP contribution in [-0.2, 0) is 0 Å². The lowest BCUT2D eigenvalue weighted by Crippen LogP contribution is -2.28. The Labute approximate surface area is 136 Å². The molecule has 0 radical (unpaired) electrons. The lowest BCUT2D eigenvalue weighted by atomic mass is 10.1. The number of nitrogens with zero attached hydrogens (tertiary/aromatic N) is 1. The Balaban J connectivity index is 3.12. The van der Waals surface area contributed by atoms with Crippen LogP contribution in [0.1, 0.15) is 84.0 Å². The molecule has 0 saturated heterocycles. The number of guanidine groups is 1. The summed E-state index contributed by atoms with van der Waals surface area (Å²) >= 11 is 4.96. The van der Waals surface area contributed by atoms with E-state index in [0.717, 1.165) is 13.0 Å². The molecule has 0 heterocycles. The van der Waals surface area contributed by atoms with Crippen LogP contribution in [0.3, 0.4) is 0 Å². The van der Waals surface area contributed by atoms with Crippen molar-refractivity contribution in [1.82, 2.24) is 5.32 Å². The van der Waals surface area contributed by atoms with Gasteiger partial charge in [0, 0.05) is 6.54 Å². The molecule has 0 atom stereocenters. The highest BCUT2D eigenvalue weighted by Gasteiger charge is 1.95. The van der Waals surface area contributed by atoms with Crippen molar-refractivity contribution in [1.29, 1.82) is 0 Å². The van der Waals surface area contributed by atoms with Crippen LogP contribution >= 0.6 is 12.2 Å². The summed E-state index contributed by atoms with van der Waals surface area (Å²) in [6, 6.07) is 0. The first-order valence-corrected chi connectivity index (χ1v) is 8.95. The SMILES string of the molecule is CCCCCCCCCCCCCCNC(=S)N=C(N)N. The first-order chi connectivity index (χ1) is 10.2. The van der Waals surface area contributed by atoms with E-state index in [1.165, 1.54) is 70.6 Å². The van der Waals surface area contributed by atoms with E-state index in [4.69, 9.17) is 23.7 Å². The maximum Gasteiger partial charge on any atom is 0.196 e. The number of rotatable bonds is 13. The Bertz CT molecular complexity index is 275. The van der Waals surface area contributed by atoms with E-state index in [0.29, 0.717) is 5.11 Å². The van der Waals surface area contributed by atoms with E-state index in [1.807, 2.05) is 0 Å². The Kier molecular flexibility index (Phi) is 14.9. The maximum atomic E-state index is 5.24. The molecule has 0 amide bonds. The molecule has 5 heteroatoms. The molecular formula is C16H34N4S. The lowest BCUT2D eigenvalue weighted by molar-refractivity contribution is 0.543. The minimum atomic E-state index is 0.0159. The molecule has 0 aliphatic heterocycles. The fourth-order valence-electron chi connectivity index (χ4n) is 2.32. The van der Waals surface area contributed by atoms with Gasteiger partial charge in [-0.3, -0.25) is 0 Å². The molecule has 0 fully saturated rings. The molecule has 0 rings (SSSR count). The predicted octanol–water partition coefficient (Wildman–Crippen LogP) is 3.84. The molecule has 0 aliphatic carbocycles. The van der Waals surface area contributed by atoms with Crippen molar-refractivity contribution in [3.05, 3.63) is 0 Å². The van der Waals surface area contributed by atoms with Crippen molar-refractivity contribution in [2.24, 2.45) is 16.5 Å². The van der Waals surface area contributed by atoms with Crippen molar-refractivity contribution in [3.63, 3.8) is 0 Å². The predicted molar refractivity (Wildman–Crippen MR) is 97.5 cm³/mol. The number of aliphatic imine (C=N–C) groups is 1. The second kappa shape index (κ2) is 15.5. The fourth-order valence-corrected chi connectivity index (χ4v) is 2.53. The lowest BCUT2D eigenvalue weighted by Gasteiger charge is -2.04. The van der Waals surface area contributed by atoms with Gasteiger partial charge in [-0.25, -0.2) is 0 Å². The van der Waals surface area contributed by atoms with Crippen LogP contribution in [0.15, 0.2) is 4.99 Å². The third-order valence-corrected chi connectivity index (χ3v) is 3.77. The van der Waals surface area contributed by atoms with Gasteiger partial charge in [-0.15, -0.1) is 0 Å². The smallest absolute Gasteiger partial charge is 0.196 e. The zero-order chi connectivity index (χ0) is 15.8. The largest absolute Gasteiger partial charge is 0.370 e. The molecule has 0 unspecified atom stereocenters. The first-order valence-electron chi connectivity index (χ1n) is 8.54. The van der Waals surface area contributed by atoms with Gasteiger partial charge >= 0.3 is 0 Å². The van der Waals surface area contributed by atoms with Crippen molar-refractivity contribution in [2.45, 2.75) is 84.0 Å². The van der Waals surface area contributed by atoms with Gasteiger partial charge in [0.15, 0.2) is 11.1 Å². The molecule has 0 aliphatic rings. The van der Waals surface area contributed by atoms with Crippen LogP contribution in [0.25, 0.3) is 0 Å². The maximum absolute atomic E-state index is 5.24. The second-order valence-corrected chi connectivity index (χ2v) is 6.04. The molecule has 4 nitrogen and oxygen atoms in total. The van der Waals surface area contributed by atoms with Gasteiger partial charge < -0.3 is 16.8 Å². The van der Waals surface area contributed by atoms with E-state index in [9.17, 15) is 0 Å². The number of nitrogens with one attached hydrogen (secondary N) is 1. The van der Waals surface area contributed by atoms with Crippen LogP contribution in [0.2, 0.25) is 0 Å². The summed E-state index contributed by atoms with van der Waals surface area (Å²) in [5.74, 6) is 0.0159. The van der Waals surface area contributed by atoms with E-state index in [-0.39, 0.29) is 5.96 Å². The summed E-state index contributed by atoms with van der Waals surface area (Å²) < 4.78 is 0. The highest BCUT2D eigenvalue weighted by molar-refractivity contribution is 7.80. The average Bonchev–Trinajstić information content (AvgIpc) is 2.43. The number of unbranched alkanes of at least 4 members (excludes halogenated alkanes) is 11. The fraction of sp³-hybridized carbons (Fsp3) is 0.875. The van der Waals surface area contributed by atoms with E-state index < -0.39 is 0 Å². The van der Waals surface area contributed by atoms with Crippen molar-refractivity contribution in [3.8, 4) is 0 Å². The highest BCUT2D eigenvalue weighted by Crippen LogP contribution is 2.11. The van der Waals surface area contributed by atoms with E-state index in [1.54, 1.807) is 0 Å². The van der Waals surface area contributed by atoms with Gasteiger partial charge in [0.05, 0.1) is 0 Å². The summed E-state index contributed by atoms with van der Waals surface area (Å²) in [6.45, 7) is 3.12. The topological polar surface area (TPSA) is 76.4 Å². The summed E-state index contributed by atoms with van der Waals surface area (Å²) in [7, 11) is 0. The van der Waals surface area contributed by atoms with Crippen LogP contribution in [0.4, 0.5) is 0 Å². The highest BCUT2D eigenvalue weighted by atomic mass is 32.1. The van der Waals surface area contributed by atoms with Gasteiger partial charge in [0.2, 0.25) is 0 Å². The number of hydrogen-bond donors (Lipinski definition) is 3. The van der Waals surface area contributed by atoms with Gasteiger partial charge in [-0.2, -0.15) is 4.99 Å². The summed E-state index contributed by atoms with van der Waals surface area (Å²) in [5, 5.41) is 3.42. The van der Waals surface area contributed by atoms with Gasteiger partial charge in [-0.1, -0.05) is 77.6 Å². The van der Waals surface area contributed by atoms with Crippen LogP contribution in [0, 0.1) is 0 Å². The Hall–Kier alpha value is -0.840. The third-order valence-electron chi connectivity index (χ3n) is 3.54. The monoisotopic (exact) mass is 314 g/mol. The minimum Gasteiger partial charge on any atom is -0.370 e. The van der Waals surface area contributed by atoms with Crippen molar-refractivity contribution < 1.29 is 0 Å². The molecule has 0 aromatic heterocycles. The zero-order valence-electron chi connectivity index (χ0n) is 13.7. The summed E-state index contributed by atoms with van der Waals surface area (Å²) in [5.41, 5.74) is 10.5. The first kappa shape index (κ1) is 20.2. The second-order valence-electron chi connectivity index (χ2n) is 5.66. The number of hydrogen-bond acceptors (Lipinski definition) is 1. The van der Waals surface area contributed by atoms with Gasteiger partial charge in [0.25, 0.3) is 0 Å². The molecule has 0 bridgehead atoms. The molecule has 0 aromatic carbocycles. The Morgan fingerprint density at radius 3 is 1.67 bits per heavy atom. The van der Waals surface area contributed by atoms with Crippen molar-refractivity contribution >= 4 is 23.3 Å². The number of thiocarbonyl (C=S) groups is 1. The van der Waals surface area contributed by atoms with Gasteiger partial charge in [-0.05, 0) is 18.6 Å². The molecular weight excluding hydrogens is 280 g/mol. The molecule has 0 spiro atoms. The molecule has 21 heavy (non-hydrogen) atoms. The minimum absolute atomic E-state index is 0.0159. The summed E-state index contributed by atoms with van der Waals surface area (Å²) in [6.07, 6.45) is 16.2. The molecule has 124 valence electrons. The van der Waals surface area contributed by atoms with Crippen LogP contribution in [0.5, 0.6) is 0 Å². The molecule has 5 N–H and O–H groups in total. The zero-order valence-corrected chi connectivity index (χ0v) is 14.5. The van der Waals surface area contributed by atoms with E-state index >= 15 is 0 Å². The average molecular weight is 315 g/mol. The molecule has 0 aromatic rings. The van der Waals surface area contributed by atoms with Crippen molar-refractivity contribution in [2.75, 3.05) is 6.54 Å². The Morgan fingerprint density at radius 2 is 1.24 bits per heavy atom. The normalized spacial score (nSPS) is 10.3. The summed E-state index contributed by atoms with van der Waals surface area (Å²) in [4.78, 5) is 3.76. The molecule has 0 saturated carbocycles. The quantitative estimate of drug-likeness (QED) is 0.209. The number of nitrogens with two attached hydrogens (primary N) is 2. The standard InChI is InChI=1S/C16H34N4S/c1-2-3-4-5-6-7-8-9-10-11-12-13-14-19-16(21)20-15(17)18/h2-14H2,1H3,(H5,17,18,19,20,21). The van der Waals surface area contributed by atoms with Crippen LogP contribution in [-0.4, -0.2) is 17.6 Å². The van der Waals surface area contributed by atoms with Crippen LogP contribution < -0.4 is 16.8 Å². The van der Waals surface area contributed by atoms with Gasteiger partial charge in [0.1, 0.15) is 0 Å².